The van der Waals surface area contributed by atoms with Crippen molar-refractivity contribution in [2.45, 2.75) is 111 Å². The third-order valence-corrected chi connectivity index (χ3v) is 12.1. The van der Waals surface area contributed by atoms with Crippen LogP contribution in [-0.4, -0.2) is 5.54 Å². The Balaban J connectivity index is 1.48. The van der Waals surface area contributed by atoms with Gasteiger partial charge in [-0.25, -0.2) is 0 Å². The molecule has 1 heteroatoms. The van der Waals surface area contributed by atoms with Crippen molar-refractivity contribution in [1.82, 2.24) is 0 Å². The van der Waals surface area contributed by atoms with Gasteiger partial charge >= 0.3 is 0 Å². The molecule has 0 aromatic carbocycles. The fourth-order valence-electron chi connectivity index (χ4n) is 10.4. The summed E-state index contributed by atoms with van der Waals surface area (Å²) in [5, 5.41) is 0. The van der Waals surface area contributed by atoms with Crippen LogP contribution >= 0.6 is 0 Å². The second kappa shape index (κ2) is 5.77. The lowest BCUT2D eigenvalue weighted by Gasteiger charge is -2.69. The molecule has 9 unspecified atom stereocenters. The highest BCUT2D eigenvalue weighted by atomic mass is 14.8. The topological polar surface area (TPSA) is 26.0 Å². The molecule has 0 aromatic rings. The van der Waals surface area contributed by atoms with Crippen molar-refractivity contribution >= 4 is 0 Å². The van der Waals surface area contributed by atoms with Gasteiger partial charge in [0.15, 0.2) is 0 Å². The highest BCUT2D eigenvalue weighted by Gasteiger charge is 2.65. The maximum atomic E-state index is 6.97. The molecule has 5 aliphatic rings. The van der Waals surface area contributed by atoms with Crippen molar-refractivity contribution in [3.05, 3.63) is 0 Å². The summed E-state index contributed by atoms with van der Waals surface area (Å²) in [7, 11) is 0. The zero-order valence-electron chi connectivity index (χ0n) is 18.8. The highest BCUT2D eigenvalue weighted by Crippen LogP contribution is 2.72. The summed E-state index contributed by atoms with van der Waals surface area (Å²) in [4.78, 5) is 0. The first-order chi connectivity index (χ1) is 12.6. The number of nitrogens with two attached hydrogens (primary N) is 1. The van der Waals surface area contributed by atoms with Crippen LogP contribution in [0.1, 0.15) is 105 Å². The fraction of sp³-hybridized carbons (Fsp3) is 1.00. The second-order valence-electron chi connectivity index (χ2n) is 13.0. The molecule has 0 amide bonds. The normalized spacial score (nSPS) is 59.3. The van der Waals surface area contributed by atoms with Crippen molar-refractivity contribution in [2.75, 3.05) is 0 Å². The van der Waals surface area contributed by atoms with Crippen LogP contribution in [0.4, 0.5) is 0 Å². The van der Waals surface area contributed by atoms with Gasteiger partial charge in [0, 0.05) is 5.54 Å². The molecular formula is C26H45N. The van der Waals surface area contributed by atoms with Gasteiger partial charge in [-0.2, -0.15) is 0 Å². The Labute approximate surface area is 168 Å². The minimum atomic E-state index is 0.216. The van der Waals surface area contributed by atoms with E-state index in [2.05, 4.69) is 34.6 Å². The van der Waals surface area contributed by atoms with Crippen LogP contribution in [0.2, 0.25) is 0 Å². The number of fused-ring (bicyclic) bond motifs is 7. The zero-order valence-corrected chi connectivity index (χ0v) is 18.8. The van der Waals surface area contributed by atoms with Gasteiger partial charge in [0.2, 0.25) is 0 Å². The summed E-state index contributed by atoms with van der Waals surface area (Å²) in [5.74, 6) is 5.56. The van der Waals surface area contributed by atoms with E-state index in [0.717, 1.165) is 35.5 Å². The molecular weight excluding hydrogens is 326 g/mol. The van der Waals surface area contributed by atoms with Crippen molar-refractivity contribution in [2.24, 2.45) is 57.5 Å². The lowest BCUT2D eigenvalue weighted by molar-refractivity contribution is -0.199. The summed E-state index contributed by atoms with van der Waals surface area (Å²) >= 11 is 0. The smallest absolute Gasteiger partial charge is 0.0185 e. The third kappa shape index (κ3) is 2.33. The van der Waals surface area contributed by atoms with E-state index in [1.165, 1.54) is 70.6 Å². The van der Waals surface area contributed by atoms with E-state index in [0.29, 0.717) is 16.2 Å². The molecule has 5 fully saturated rings. The first-order valence-electron chi connectivity index (χ1n) is 12.4. The number of hydrogen-bond donors (Lipinski definition) is 1. The standard InChI is InChI=1S/C26H45N/c1-17-10-14-25(5)21(23(17,2)3)12-15-24(4)19-11-16-26(27)13-6-7-20(26)18(19)8-9-22(24)25/h17-22H,6-16,27H2,1-5H3. The monoisotopic (exact) mass is 371 g/mol. The largest absolute Gasteiger partial charge is 0.325 e. The Morgan fingerprint density at radius 2 is 1.41 bits per heavy atom. The van der Waals surface area contributed by atoms with E-state index >= 15 is 0 Å². The zero-order chi connectivity index (χ0) is 19.2. The Morgan fingerprint density at radius 1 is 0.667 bits per heavy atom. The summed E-state index contributed by atoms with van der Waals surface area (Å²) < 4.78 is 0. The van der Waals surface area contributed by atoms with Gasteiger partial charge in [0.1, 0.15) is 0 Å². The predicted octanol–water partition coefficient (Wildman–Crippen LogP) is 6.80. The lowest BCUT2D eigenvalue weighted by atomic mass is 9.36. The van der Waals surface area contributed by atoms with Crippen LogP contribution in [0.25, 0.3) is 0 Å². The molecule has 0 radical (unpaired) electrons. The molecule has 5 saturated carbocycles. The molecule has 2 N–H and O–H groups in total. The number of hydrogen-bond acceptors (Lipinski definition) is 1. The predicted molar refractivity (Wildman–Crippen MR) is 114 cm³/mol. The van der Waals surface area contributed by atoms with E-state index in [4.69, 9.17) is 5.73 Å². The maximum Gasteiger partial charge on any atom is 0.0185 e. The van der Waals surface area contributed by atoms with Gasteiger partial charge in [-0.15, -0.1) is 0 Å². The molecule has 5 aliphatic carbocycles. The SMILES string of the molecule is CC1CCC2(C)C(CCC3(C)C4CCC5(N)CCCC5C4CCC32)C1(C)C. The van der Waals surface area contributed by atoms with E-state index in [9.17, 15) is 0 Å². The summed E-state index contributed by atoms with van der Waals surface area (Å²) in [6.07, 6.45) is 15.8. The average Bonchev–Trinajstić information content (AvgIpc) is 3.00. The summed E-state index contributed by atoms with van der Waals surface area (Å²) in [5.41, 5.74) is 8.88. The van der Waals surface area contributed by atoms with Crippen molar-refractivity contribution in [1.29, 1.82) is 0 Å². The van der Waals surface area contributed by atoms with Crippen LogP contribution in [0.5, 0.6) is 0 Å². The molecule has 0 heterocycles. The van der Waals surface area contributed by atoms with E-state index in [1.807, 2.05) is 0 Å². The molecule has 5 rings (SSSR count). The minimum absolute atomic E-state index is 0.216. The van der Waals surface area contributed by atoms with E-state index in [1.54, 1.807) is 0 Å². The van der Waals surface area contributed by atoms with Gasteiger partial charge in [-0.05, 0) is 116 Å². The molecule has 9 atom stereocenters. The van der Waals surface area contributed by atoms with Crippen LogP contribution in [-0.2, 0) is 0 Å². The van der Waals surface area contributed by atoms with Gasteiger partial charge in [-0.3, -0.25) is 0 Å². The first kappa shape index (κ1) is 19.0. The Kier molecular flexibility index (Phi) is 4.05. The minimum Gasteiger partial charge on any atom is -0.325 e. The van der Waals surface area contributed by atoms with Crippen LogP contribution in [0.15, 0.2) is 0 Å². The van der Waals surface area contributed by atoms with E-state index in [-0.39, 0.29) is 5.54 Å². The molecule has 0 aliphatic heterocycles. The van der Waals surface area contributed by atoms with Gasteiger partial charge in [-0.1, -0.05) is 41.0 Å². The Morgan fingerprint density at radius 3 is 2.19 bits per heavy atom. The molecule has 0 saturated heterocycles. The van der Waals surface area contributed by atoms with Crippen LogP contribution in [0, 0.1) is 51.8 Å². The van der Waals surface area contributed by atoms with Crippen molar-refractivity contribution < 1.29 is 0 Å². The first-order valence-corrected chi connectivity index (χ1v) is 12.4. The Bertz CT molecular complexity index is 609. The summed E-state index contributed by atoms with van der Waals surface area (Å²) in [6, 6.07) is 0. The number of rotatable bonds is 0. The quantitative estimate of drug-likeness (QED) is 0.498. The molecule has 1 nitrogen and oxygen atoms in total. The highest BCUT2D eigenvalue weighted by molar-refractivity contribution is 5.15. The molecule has 0 aromatic heterocycles. The lowest BCUT2D eigenvalue weighted by Crippen LogP contribution is -2.63. The van der Waals surface area contributed by atoms with Crippen molar-refractivity contribution in [3.63, 3.8) is 0 Å². The second-order valence-corrected chi connectivity index (χ2v) is 13.0. The third-order valence-electron chi connectivity index (χ3n) is 12.1. The van der Waals surface area contributed by atoms with Gasteiger partial charge < -0.3 is 5.73 Å². The molecule has 0 spiro atoms. The fourth-order valence-corrected chi connectivity index (χ4v) is 10.4. The average molecular weight is 372 g/mol. The van der Waals surface area contributed by atoms with Crippen molar-refractivity contribution in [3.8, 4) is 0 Å². The molecule has 27 heavy (non-hydrogen) atoms. The molecule has 154 valence electrons. The van der Waals surface area contributed by atoms with Crippen LogP contribution in [0.3, 0.4) is 0 Å². The maximum absolute atomic E-state index is 6.97. The van der Waals surface area contributed by atoms with E-state index < -0.39 is 0 Å². The van der Waals surface area contributed by atoms with Crippen LogP contribution < -0.4 is 5.73 Å². The summed E-state index contributed by atoms with van der Waals surface area (Å²) in [6.45, 7) is 13.2. The van der Waals surface area contributed by atoms with Gasteiger partial charge in [0.25, 0.3) is 0 Å². The molecule has 0 bridgehead atoms. The Hall–Kier alpha value is -0.0400. The van der Waals surface area contributed by atoms with Gasteiger partial charge in [0.05, 0.1) is 0 Å².